The summed E-state index contributed by atoms with van der Waals surface area (Å²) in [4.78, 5) is 30.4. The van der Waals surface area contributed by atoms with Crippen molar-refractivity contribution >= 4 is 17.9 Å². The summed E-state index contributed by atoms with van der Waals surface area (Å²) >= 11 is 0. The number of nitrogens with zero attached hydrogens (tertiary/aromatic N) is 3. The molecule has 0 unspecified atom stereocenters. The maximum absolute atomic E-state index is 12.5. The second-order valence-corrected chi connectivity index (χ2v) is 6.46. The standard InChI is InChI=1S/C19H27N3O2/c1-16(15-17-7-5-4-6-8-17)19(24)22-13-11-21(12-14-22)18(23)9-10-20(2)3/h4-8,15H,9-14H2,1-3H3/b16-15+. The predicted molar refractivity (Wildman–Crippen MR) is 96.4 cm³/mol. The summed E-state index contributed by atoms with van der Waals surface area (Å²) in [7, 11) is 3.93. The van der Waals surface area contributed by atoms with Gasteiger partial charge in [-0.05, 0) is 32.7 Å². The van der Waals surface area contributed by atoms with Crippen molar-refractivity contribution in [3.8, 4) is 0 Å². The van der Waals surface area contributed by atoms with Crippen LogP contribution in [0.2, 0.25) is 0 Å². The lowest BCUT2D eigenvalue weighted by Gasteiger charge is -2.35. The minimum atomic E-state index is 0.0549. The molecule has 0 aliphatic carbocycles. The monoisotopic (exact) mass is 329 g/mol. The predicted octanol–water partition coefficient (Wildman–Crippen LogP) is 1.71. The smallest absolute Gasteiger partial charge is 0.249 e. The van der Waals surface area contributed by atoms with Crippen LogP contribution in [-0.2, 0) is 9.59 Å². The van der Waals surface area contributed by atoms with Gasteiger partial charge in [-0.25, -0.2) is 0 Å². The zero-order valence-corrected chi connectivity index (χ0v) is 14.9. The van der Waals surface area contributed by atoms with Gasteiger partial charge in [0.1, 0.15) is 0 Å². The summed E-state index contributed by atoms with van der Waals surface area (Å²) < 4.78 is 0. The Morgan fingerprint density at radius 2 is 1.62 bits per heavy atom. The normalized spacial score (nSPS) is 15.8. The number of amides is 2. The quantitative estimate of drug-likeness (QED) is 0.773. The van der Waals surface area contributed by atoms with Crippen LogP contribution in [0, 0.1) is 0 Å². The highest BCUT2D eigenvalue weighted by Gasteiger charge is 2.24. The molecule has 2 rings (SSSR count). The van der Waals surface area contributed by atoms with E-state index >= 15 is 0 Å². The number of carbonyl (C=O) groups is 2. The van der Waals surface area contributed by atoms with E-state index in [0.29, 0.717) is 32.6 Å². The third-order valence-electron chi connectivity index (χ3n) is 4.21. The van der Waals surface area contributed by atoms with Crippen LogP contribution < -0.4 is 0 Å². The fourth-order valence-electron chi connectivity index (χ4n) is 2.75. The van der Waals surface area contributed by atoms with Crippen LogP contribution in [0.3, 0.4) is 0 Å². The molecule has 0 atom stereocenters. The summed E-state index contributed by atoms with van der Waals surface area (Å²) in [6, 6.07) is 9.85. The zero-order valence-electron chi connectivity index (χ0n) is 14.9. The summed E-state index contributed by atoms with van der Waals surface area (Å²) in [5.74, 6) is 0.228. The van der Waals surface area contributed by atoms with Crippen molar-refractivity contribution in [2.45, 2.75) is 13.3 Å². The average Bonchev–Trinajstić information content (AvgIpc) is 2.60. The van der Waals surface area contributed by atoms with Gasteiger partial charge < -0.3 is 14.7 Å². The molecule has 0 saturated carbocycles. The maximum Gasteiger partial charge on any atom is 0.249 e. The fourth-order valence-corrected chi connectivity index (χ4v) is 2.75. The summed E-state index contributed by atoms with van der Waals surface area (Å²) in [6.07, 6.45) is 2.45. The Hall–Kier alpha value is -2.14. The van der Waals surface area contributed by atoms with Gasteiger partial charge in [0, 0.05) is 44.7 Å². The Balaban J connectivity index is 1.86. The number of benzene rings is 1. The number of hydrogen-bond acceptors (Lipinski definition) is 3. The van der Waals surface area contributed by atoms with Gasteiger partial charge in [-0.1, -0.05) is 30.3 Å². The topological polar surface area (TPSA) is 43.9 Å². The molecule has 1 heterocycles. The third kappa shape index (κ3) is 5.20. The molecule has 1 saturated heterocycles. The first kappa shape index (κ1) is 18.2. The molecule has 1 aliphatic heterocycles. The van der Waals surface area contributed by atoms with E-state index < -0.39 is 0 Å². The van der Waals surface area contributed by atoms with Crippen LogP contribution in [0.5, 0.6) is 0 Å². The van der Waals surface area contributed by atoms with E-state index in [-0.39, 0.29) is 11.8 Å². The van der Waals surface area contributed by atoms with Crippen molar-refractivity contribution in [3.05, 3.63) is 41.5 Å². The van der Waals surface area contributed by atoms with E-state index in [1.807, 2.05) is 72.1 Å². The summed E-state index contributed by atoms with van der Waals surface area (Å²) in [6.45, 7) is 5.06. The average molecular weight is 329 g/mol. The maximum atomic E-state index is 12.5. The van der Waals surface area contributed by atoms with Crippen molar-refractivity contribution in [2.24, 2.45) is 0 Å². The molecule has 1 aromatic rings. The van der Waals surface area contributed by atoms with Gasteiger partial charge in [0.25, 0.3) is 0 Å². The molecule has 5 heteroatoms. The molecule has 0 N–H and O–H groups in total. The lowest BCUT2D eigenvalue weighted by molar-refractivity contribution is -0.137. The Bertz CT molecular complexity index is 588. The van der Waals surface area contributed by atoms with Crippen molar-refractivity contribution in [2.75, 3.05) is 46.8 Å². The molecule has 0 aromatic heterocycles. The minimum absolute atomic E-state index is 0.0549. The second kappa shape index (κ2) is 8.64. The second-order valence-electron chi connectivity index (χ2n) is 6.46. The first-order valence-corrected chi connectivity index (χ1v) is 8.42. The number of hydrogen-bond donors (Lipinski definition) is 0. The molecule has 0 spiro atoms. The van der Waals surface area contributed by atoms with E-state index in [1.165, 1.54) is 0 Å². The summed E-state index contributed by atoms with van der Waals surface area (Å²) in [5.41, 5.74) is 1.76. The van der Waals surface area contributed by atoms with Gasteiger partial charge in [-0.3, -0.25) is 9.59 Å². The number of carbonyl (C=O) groups excluding carboxylic acids is 2. The van der Waals surface area contributed by atoms with E-state index in [2.05, 4.69) is 0 Å². The molecular weight excluding hydrogens is 302 g/mol. The van der Waals surface area contributed by atoms with Gasteiger partial charge in [0.15, 0.2) is 0 Å². The number of rotatable bonds is 5. The molecule has 1 fully saturated rings. The van der Waals surface area contributed by atoms with Gasteiger partial charge in [0.05, 0.1) is 0 Å². The van der Waals surface area contributed by atoms with E-state index in [4.69, 9.17) is 0 Å². The molecule has 0 bridgehead atoms. The van der Waals surface area contributed by atoms with Gasteiger partial charge in [0.2, 0.25) is 11.8 Å². The highest BCUT2D eigenvalue weighted by atomic mass is 16.2. The molecule has 5 nitrogen and oxygen atoms in total. The van der Waals surface area contributed by atoms with Gasteiger partial charge in [-0.2, -0.15) is 0 Å². The van der Waals surface area contributed by atoms with Crippen molar-refractivity contribution in [1.29, 1.82) is 0 Å². The van der Waals surface area contributed by atoms with E-state index in [1.54, 1.807) is 0 Å². The molecule has 0 radical (unpaired) electrons. The largest absolute Gasteiger partial charge is 0.339 e. The van der Waals surface area contributed by atoms with Crippen LogP contribution >= 0.6 is 0 Å². The highest BCUT2D eigenvalue weighted by Crippen LogP contribution is 2.12. The first-order chi connectivity index (χ1) is 11.5. The van der Waals surface area contributed by atoms with Crippen molar-refractivity contribution in [3.63, 3.8) is 0 Å². The molecule has 1 aromatic carbocycles. The van der Waals surface area contributed by atoms with E-state index in [0.717, 1.165) is 17.7 Å². The van der Waals surface area contributed by atoms with Crippen LogP contribution in [0.25, 0.3) is 6.08 Å². The summed E-state index contributed by atoms with van der Waals surface area (Å²) in [5, 5.41) is 0. The van der Waals surface area contributed by atoms with Crippen LogP contribution in [-0.4, -0.2) is 73.3 Å². The Morgan fingerprint density at radius 3 is 2.21 bits per heavy atom. The van der Waals surface area contributed by atoms with Crippen LogP contribution in [0.1, 0.15) is 18.9 Å². The van der Waals surface area contributed by atoms with Crippen LogP contribution in [0.15, 0.2) is 35.9 Å². The molecule has 1 aliphatic rings. The number of piperazine rings is 1. The Labute approximate surface area is 144 Å². The highest BCUT2D eigenvalue weighted by molar-refractivity contribution is 5.97. The molecule has 130 valence electrons. The molecule has 2 amide bonds. The third-order valence-corrected chi connectivity index (χ3v) is 4.21. The Kier molecular flexibility index (Phi) is 6.55. The lowest BCUT2D eigenvalue weighted by atomic mass is 10.1. The van der Waals surface area contributed by atoms with Gasteiger partial charge in [-0.15, -0.1) is 0 Å². The van der Waals surface area contributed by atoms with E-state index in [9.17, 15) is 9.59 Å². The zero-order chi connectivity index (χ0) is 17.5. The molecule has 24 heavy (non-hydrogen) atoms. The minimum Gasteiger partial charge on any atom is -0.339 e. The fraction of sp³-hybridized carbons (Fsp3) is 0.474. The SMILES string of the molecule is C/C(=C\c1ccccc1)C(=O)N1CCN(C(=O)CCN(C)C)CC1. The van der Waals surface area contributed by atoms with Gasteiger partial charge >= 0.3 is 0 Å². The molecular formula is C19H27N3O2. The Morgan fingerprint density at radius 1 is 1.04 bits per heavy atom. The van der Waals surface area contributed by atoms with Crippen molar-refractivity contribution in [1.82, 2.24) is 14.7 Å². The van der Waals surface area contributed by atoms with Crippen LogP contribution in [0.4, 0.5) is 0 Å². The first-order valence-electron chi connectivity index (χ1n) is 8.42. The lowest BCUT2D eigenvalue weighted by Crippen LogP contribution is -2.51. The van der Waals surface area contributed by atoms with Crippen molar-refractivity contribution < 1.29 is 9.59 Å².